The van der Waals surface area contributed by atoms with E-state index < -0.39 is 10.0 Å². The second-order valence-electron chi connectivity index (χ2n) is 4.58. The molecule has 2 N–H and O–H groups in total. The average molecular weight is 400 g/mol. The Morgan fingerprint density at radius 1 is 1.15 bits per heavy atom. The van der Waals surface area contributed by atoms with Gasteiger partial charge in [0.25, 0.3) is 10.0 Å². The van der Waals surface area contributed by atoms with E-state index >= 15 is 0 Å². The summed E-state index contributed by atoms with van der Waals surface area (Å²) in [6.45, 7) is 0.864. The van der Waals surface area contributed by atoms with Crippen LogP contribution in [0.25, 0.3) is 0 Å². The van der Waals surface area contributed by atoms with Gasteiger partial charge in [-0.15, -0.1) is 0 Å². The van der Waals surface area contributed by atoms with Gasteiger partial charge in [-0.05, 0) is 58.8 Å². The van der Waals surface area contributed by atoms with Crippen molar-refractivity contribution in [3.63, 3.8) is 0 Å². The number of fused-ring (bicyclic) bond motifs is 1. The van der Waals surface area contributed by atoms with E-state index in [0.717, 1.165) is 22.2 Å². The molecule has 0 atom stereocenters. The second-order valence-corrected chi connectivity index (χ2v) is 7.43. The van der Waals surface area contributed by atoms with Crippen LogP contribution in [-0.4, -0.2) is 15.0 Å². The fourth-order valence-corrected chi connectivity index (χ4v) is 4.00. The van der Waals surface area contributed by atoms with Gasteiger partial charge in [-0.3, -0.25) is 4.72 Å². The quantitative estimate of drug-likeness (QED) is 0.779. The standard InChI is InChI=1S/C14H13IN2O2S/c15-12-3-1-2-4-13(12)17-20(18,19)11-6-5-10-7-8-16-14(10)9-11/h1-6,9,16-17H,7-8H2. The molecule has 2 aromatic rings. The molecule has 0 aromatic heterocycles. The van der Waals surface area contributed by atoms with E-state index in [1.807, 2.05) is 24.3 Å². The number of anilines is 2. The first-order chi connectivity index (χ1) is 9.56. The Bertz CT molecular complexity index is 760. The molecule has 4 nitrogen and oxygen atoms in total. The minimum Gasteiger partial charge on any atom is -0.384 e. The van der Waals surface area contributed by atoms with E-state index in [1.54, 1.807) is 18.2 Å². The molecule has 1 heterocycles. The molecule has 1 aliphatic rings. The summed E-state index contributed by atoms with van der Waals surface area (Å²) in [4.78, 5) is 0.283. The number of halogens is 1. The average Bonchev–Trinajstić information content (AvgIpc) is 2.88. The molecule has 20 heavy (non-hydrogen) atoms. The van der Waals surface area contributed by atoms with Gasteiger partial charge in [0.2, 0.25) is 0 Å². The molecule has 0 unspecified atom stereocenters. The number of rotatable bonds is 3. The van der Waals surface area contributed by atoms with Crippen LogP contribution in [0.15, 0.2) is 47.4 Å². The zero-order valence-corrected chi connectivity index (χ0v) is 13.5. The van der Waals surface area contributed by atoms with E-state index in [0.29, 0.717) is 5.69 Å². The van der Waals surface area contributed by atoms with Crippen molar-refractivity contribution >= 4 is 44.0 Å². The summed E-state index contributed by atoms with van der Waals surface area (Å²) in [7, 11) is -3.55. The highest BCUT2D eigenvalue weighted by Crippen LogP contribution is 2.27. The van der Waals surface area contributed by atoms with E-state index in [4.69, 9.17) is 0 Å². The van der Waals surface area contributed by atoms with Gasteiger partial charge < -0.3 is 5.32 Å². The Morgan fingerprint density at radius 3 is 2.75 bits per heavy atom. The zero-order valence-electron chi connectivity index (χ0n) is 10.6. The van der Waals surface area contributed by atoms with Crippen molar-refractivity contribution in [2.45, 2.75) is 11.3 Å². The predicted octanol–water partition coefficient (Wildman–Crippen LogP) is 3.06. The molecular weight excluding hydrogens is 387 g/mol. The topological polar surface area (TPSA) is 58.2 Å². The summed E-state index contributed by atoms with van der Waals surface area (Å²) < 4.78 is 28.3. The normalized spacial score (nSPS) is 13.7. The predicted molar refractivity (Wildman–Crippen MR) is 88.6 cm³/mol. The minimum atomic E-state index is -3.55. The molecule has 6 heteroatoms. The molecule has 3 rings (SSSR count). The lowest BCUT2D eigenvalue weighted by atomic mass is 10.2. The van der Waals surface area contributed by atoms with Crippen LogP contribution in [-0.2, 0) is 16.4 Å². The summed E-state index contributed by atoms with van der Waals surface area (Å²) in [6, 6.07) is 12.5. The lowest BCUT2D eigenvalue weighted by Gasteiger charge is -2.10. The monoisotopic (exact) mass is 400 g/mol. The molecule has 0 saturated heterocycles. The largest absolute Gasteiger partial charge is 0.384 e. The van der Waals surface area contributed by atoms with Crippen LogP contribution in [0.4, 0.5) is 11.4 Å². The Kier molecular flexibility index (Phi) is 3.59. The number of nitrogens with one attached hydrogen (secondary N) is 2. The Hall–Kier alpha value is -1.28. The molecule has 0 bridgehead atoms. The zero-order chi connectivity index (χ0) is 14.2. The SMILES string of the molecule is O=S(=O)(Nc1ccccc1I)c1ccc2c(c1)NCC2. The Balaban J connectivity index is 1.94. The van der Waals surface area contributed by atoms with Crippen molar-refractivity contribution < 1.29 is 8.42 Å². The molecule has 1 aliphatic heterocycles. The molecule has 0 aliphatic carbocycles. The van der Waals surface area contributed by atoms with Crippen molar-refractivity contribution in [3.05, 3.63) is 51.6 Å². The molecule has 104 valence electrons. The maximum absolute atomic E-state index is 12.4. The first-order valence-corrected chi connectivity index (χ1v) is 8.76. The molecule has 0 amide bonds. The van der Waals surface area contributed by atoms with Crippen LogP contribution in [0.2, 0.25) is 0 Å². The molecule has 0 fully saturated rings. The van der Waals surface area contributed by atoms with Crippen molar-refractivity contribution in [1.29, 1.82) is 0 Å². The van der Waals surface area contributed by atoms with E-state index in [1.165, 1.54) is 5.56 Å². The third kappa shape index (κ3) is 2.62. The van der Waals surface area contributed by atoms with Crippen LogP contribution < -0.4 is 10.0 Å². The molecule has 0 spiro atoms. The summed E-state index contributed by atoms with van der Waals surface area (Å²) in [5.74, 6) is 0. The Morgan fingerprint density at radius 2 is 1.95 bits per heavy atom. The first-order valence-electron chi connectivity index (χ1n) is 6.20. The van der Waals surface area contributed by atoms with Crippen molar-refractivity contribution in [2.24, 2.45) is 0 Å². The Labute approximate surface area is 131 Å². The van der Waals surface area contributed by atoms with Crippen molar-refractivity contribution in [2.75, 3.05) is 16.6 Å². The maximum atomic E-state index is 12.4. The number of sulfonamides is 1. The smallest absolute Gasteiger partial charge is 0.262 e. The number of hydrogen-bond acceptors (Lipinski definition) is 3. The lowest BCUT2D eigenvalue weighted by molar-refractivity contribution is 0.601. The highest BCUT2D eigenvalue weighted by Gasteiger charge is 2.19. The van der Waals surface area contributed by atoms with E-state index in [9.17, 15) is 8.42 Å². The summed E-state index contributed by atoms with van der Waals surface area (Å²) in [5, 5.41) is 3.19. The van der Waals surface area contributed by atoms with E-state index in [2.05, 4.69) is 32.6 Å². The van der Waals surface area contributed by atoms with Crippen LogP contribution in [0.3, 0.4) is 0 Å². The summed E-state index contributed by atoms with van der Waals surface area (Å²) in [5.41, 5.74) is 2.68. The molecule has 0 radical (unpaired) electrons. The van der Waals surface area contributed by atoms with Gasteiger partial charge in [0, 0.05) is 15.8 Å². The first kappa shape index (κ1) is 13.7. The highest BCUT2D eigenvalue weighted by molar-refractivity contribution is 14.1. The van der Waals surface area contributed by atoms with Gasteiger partial charge in [-0.2, -0.15) is 0 Å². The second kappa shape index (κ2) is 5.25. The third-order valence-electron chi connectivity index (χ3n) is 3.22. The fourth-order valence-electron chi connectivity index (χ4n) is 2.18. The van der Waals surface area contributed by atoms with Gasteiger partial charge in [0.05, 0.1) is 10.6 Å². The summed E-state index contributed by atoms with van der Waals surface area (Å²) >= 11 is 2.11. The van der Waals surface area contributed by atoms with Gasteiger partial charge in [0.15, 0.2) is 0 Å². The lowest BCUT2D eigenvalue weighted by Crippen LogP contribution is -2.13. The minimum absolute atomic E-state index is 0.283. The van der Waals surface area contributed by atoms with Gasteiger partial charge in [-0.25, -0.2) is 8.42 Å². The summed E-state index contributed by atoms with van der Waals surface area (Å²) in [6.07, 6.45) is 0.944. The number of benzene rings is 2. The number of hydrogen-bond donors (Lipinski definition) is 2. The molecule has 0 saturated carbocycles. The molecule has 2 aromatic carbocycles. The fraction of sp³-hybridized carbons (Fsp3) is 0.143. The molecular formula is C14H13IN2O2S. The third-order valence-corrected chi connectivity index (χ3v) is 5.52. The van der Waals surface area contributed by atoms with Crippen molar-refractivity contribution in [3.8, 4) is 0 Å². The van der Waals surface area contributed by atoms with Crippen LogP contribution in [0.1, 0.15) is 5.56 Å². The maximum Gasteiger partial charge on any atom is 0.262 e. The van der Waals surface area contributed by atoms with Gasteiger partial charge in [0.1, 0.15) is 0 Å². The van der Waals surface area contributed by atoms with Gasteiger partial charge in [-0.1, -0.05) is 18.2 Å². The van der Waals surface area contributed by atoms with Gasteiger partial charge >= 0.3 is 0 Å². The van der Waals surface area contributed by atoms with E-state index in [-0.39, 0.29) is 4.90 Å². The van der Waals surface area contributed by atoms with Crippen LogP contribution in [0, 0.1) is 3.57 Å². The highest BCUT2D eigenvalue weighted by atomic mass is 127. The van der Waals surface area contributed by atoms with Crippen LogP contribution >= 0.6 is 22.6 Å². The van der Waals surface area contributed by atoms with Crippen molar-refractivity contribution in [1.82, 2.24) is 0 Å². The van der Waals surface area contributed by atoms with Crippen LogP contribution in [0.5, 0.6) is 0 Å². The number of para-hydroxylation sites is 1.